The van der Waals surface area contributed by atoms with Crippen molar-refractivity contribution in [1.82, 2.24) is 4.90 Å². The van der Waals surface area contributed by atoms with Gasteiger partial charge in [0.15, 0.2) is 6.61 Å². The highest BCUT2D eigenvalue weighted by molar-refractivity contribution is 6.05. The highest BCUT2D eigenvalue weighted by Crippen LogP contribution is 2.31. The van der Waals surface area contributed by atoms with E-state index in [1.165, 1.54) is 19.3 Å². The summed E-state index contributed by atoms with van der Waals surface area (Å²) in [5, 5.41) is 5.73. The second-order valence-electron chi connectivity index (χ2n) is 8.58. The predicted molar refractivity (Wildman–Crippen MR) is 130 cm³/mol. The van der Waals surface area contributed by atoms with E-state index in [0.29, 0.717) is 22.7 Å². The second kappa shape index (κ2) is 9.46. The number of fused-ring (bicyclic) bond motifs is 1. The van der Waals surface area contributed by atoms with Crippen LogP contribution in [0.1, 0.15) is 35.2 Å². The number of carbonyl (C=O) groups excluding carboxylic acids is 2. The fraction of sp³-hybridized carbons (Fsp3) is 0.259. The topological polar surface area (TPSA) is 70.7 Å². The molecule has 2 aliphatic rings. The zero-order valence-electron chi connectivity index (χ0n) is 18.5. The molecule has 5 rings (SSSR count). The number of nitrogens with zero attached hydrogens (tertiary/aromatic N) is 1. The zero-order chi connectivity index (χ0) is 22.6. The lowest BCUT2D eigenvalue weighted by Crippen LogP contribution is -2.29. The number of carbonyl (C=O) groups is 2. The molecule has 0 radical (unpaired) electrons. The molecule has 0 aliphatic carbocycles. The van der Waals surface area contributed by atoms with Gasteiger partial charge < -0.3 is 15.4 Å². The molecule has 0 spiro atoms. The van der Waals surface area contributed by atoms with Crippen LogP contribution in [-0.4, -0.2) is 36.4 Å². The van der Waals surface area contributed by atoms with Crippen LogP contribution in [-0.2, 0) is 11.3 Å². The molecule has 6 heteroatoms. The fourth-order valence-electron chi connectivity index (χ4n) is 4.49. The summed E-state index contributed by atoms with van der Waals surface area (Å²) in [5.41, 5.74) is 5.25. The lowest BCUT2D eigenvalue weighted by atomic mass is 9.96. The van der Waals surface area contributed by atoms with Gasteiger partial charge in [-0.15, -0.1) is 0 Å². The van der Waals surface area contributed by atoms with Crippen LogP contribution in [0.15, 0.2) is 66.7 Å². The van der Waals surface area contributed by atoms with Crippen LogP contribution in [0.4, 0.5) is 11.4 Å². The maximum atomic E-state index is 13.1. The molecule has 2 amide bonds. The average Bonchev–Trinajstić information content (AvgIpc) is 2.85. The molecule has 0 aromatic heterocycles. The van der Waals surface area contributed by atoms with E-state index < -0.39 is 0 Å². The molecule has 1 saturated heterocycles. The largest absolute Gasteiger partial charge is 0.482 e. The number of hydrogen-bond donors (Lipinski definition) is 2. The second-order valence-corrected chi connectivity index (χ2v) is 8.58. The van der Waals surface area contributed by atoms with Crippen LogP contribution in [0.3, 0.4) is 0 Å². The highest BCUT2D eigenvalue weighted by atomic mass is 16.5. The number of likely N-dealkylation sites (tertiary alicyclic amines) is 1. The van der Waals surface area contributed by atoms with Crippen molar-refractivity contribution in [3.05, 3.63) is 77.9 Å². The number of nitrogens with one attached hydrogen (secondary N) is 2. The van der Waals surface area contributed by atoms with E-state index in [1.54, 1.807) is 18.2 Å². The number of ether oxygens (including phenoxy) is 1. The van der Waals surface area contributed by atoms with Crippen LogP contribution < -0.4 is 15.4 Å². The van der Waals surface area contributed by atoms with Gasteiger partial charge in [-0.05, 0) is 73.0 Å². The first kappa shape index (κ1) is 21.2. The molecular weight excluding hydrogens is 414 g/mol. The molecule has 3 aromatic rings. The summed E-state index contributed by atoms with van der Waals surface area (Å²) in [7, 11) is 0. The van der Waals surface area contributed by atoms with Crippen molar-refractivity contribution in [2.45, 2.75) is 25.8 Å². The van der Waals surface area contributed by atoms with Gasteiger partial charge >= 0.3 is 0 Å². The van der Waals surface area contributed by atoms with Gasteiger partial charge in [0.25, 0.3) is 11.8 Å². The van der Waals surface area contributed by atoms with E-state index in [-0.39, 0.29) is 18.4 Å². The molecular formula is C27H27N3O3. The standard InChI is InChI=1S/C27H27N3O3/c31-26-18-33-25-12-10-22(16-24(25)29-26)28-27(32)20-9-11-23(19-7-3-1-4-8-19)21(15-20)17-30-13-5-2-6-14-30/h1,3-4,7-12,15-16H,2,5-6,13-14,17-18H2,(H,28,32)(H,29,31). The van der Waals surface area contributed by atoms with Crippen LogP contribution in [0.25, 0.3) is 11.1 Å². The molecule has 33 heavy (non-hydrogen) atoms. The van der Waals surface area contributed by atoms with E-state index in [2.05, 4.69) is 27.7 Å². The number of amides is 2. The predicted octanol–water partition coefficient (Wildman–Crippen LogP) is 4.92. The van der Waals surface area contributed by atoms with Crippen LogP contribution in [0, 0.1) is 0 Å². The first-order valence-electron chi connectivity index (χ1n) is 11.4. The average molecular weight is 442 g/mol. The Kier molecular flexibility index (Phi) is 6.09. The van der Waals surface area contributed by atoms with Crippen LogP contribution in [0.5, 0.6) is 5.75 Å². The van der Waals surface area contributed by atoms with Gasteiger partial charge in [-0.3, -0.25) is 14.5 Å². The van der Waals surface area contributed by atoms with Gasteiger partial charge in [0, 0.05) is 17.8 Å². The zero-order valence-corrected chi connectivity index (χ0v) is 18.5. The summed E-state index contributed by atoms with van der Waals surface area (Å²) < 4.78 is 5.39. The third-order valence-electron chi connectivity index (χ3n) is 6.17. The SMILES string of the molecule is O=C1COc2ccc(NC(=O)c3ccc(-c4ccccc4)c(CN4CCCCC4)c3)cc2N1. The van der Waals surface area contributed by atoms with Gasteiger partial charge in [0.05, 0.1) is 5.69 Å². The third-order valence-corrected chi connectivity index (χ3v) is 6.17. The summed E-state index contributed by atoms with van der Waals surface area (Å²) in [4.78, 5) is 27.2. The Labute approximate surface area is 193 Å². The molecule has 0 atom stereocenters. The monoisotopic (exact) mass is 441 g/mol. The Morgan fingerprint density at radius 1 is 0.970 bits per heavy atom. The Morgan fingerprint density at radius 2 is 1.79 bits per heavy atom. The van der Waals surface area contributed by atoms with E-state index in [4.69, 9.17) is 4.74 Å². The molecule has 168 valence electrons. The molecule has 2 N–H and O–H groups in total. The maximum Gasteiger partial charge on any atom is 0.262 e. The van der Waals surface area contributed by atoms with Crippen molar-refractivity contribution in [3.63, 3.8) is 0 Å². The minimum atomic E-state index is -0.204. The summed E-state index contributed by atoms with van der Waals surface area (Å²) >= 11 is 0. The van der Waals surface area contributed by atoms with Gasteiger partial charge in [0.2, 0.25) is 0 Å². The van der Waals surface area contributed by atoms with Crippen molar-refractivity contribution < 1.29 is 14.3 Å². The van der Waals surface area contributed by atoms with Crippen molar-refractivity contribution in [3.8, 4) is 16.9 Å². The van der Waals surface area contributed by atoms with E-state index in [1.807, 2.05) is 36.4 Å². The molecule has 0 bridgehead atoms. The van der Waals surface area contributed by atoms with Crippen LogP contribution in [0.2, 0.25) is 0 Å². The summed E-state index contributed by atoms with van der Waals surface area (Å²) in [6, 6.07) is 21.5. The first-order valence-corrected chi connectivity index (χ1v) is 11.4. The third kappa shape index (κ3) is 4.91. The molecule has 0 unspecified atom stereocenters. The van der Waals surface area contributed by atoms with Gasteiger partial charge in [0.1, 0.15) is 5.75 Å². The highest BCUT2D eigenvalue weighted by Gasteiger charge is 2.18. The Bertz CT molecular complexity index is 1170. The number of benzene rings is 3. The lowest BCUT2D eigenvalue weighted by molar-refractivity contribution is -0.118. The number of rotatable bonds is 5. The van der Waals surface area contributed by atoms with Gasteiger partial charge in [-0.25, -0.2) is 0 Å². The van der Waals surface area contributed by atoms with Crippen molar-refractivity contribution in [2.75, 3.05) is 30.3 Å². The van der Waals surface area contributed by atoms with Crippen LogP contribution >= 0.6 is 0 Å². The summed E-state index contributed by atoms with van der Waals surface area (Å²) in [6.45, 7) is 3.01. The Balaban J connectivity index is 1.40. The Hall–Kier alpha value is -3.64. The molecule has 3 aromatic carbocycles. The maximum absolute atomic E-state index is 13.1. The van der Waals surface area contributed by atoms with Gasteiger partial charge in [-0.2, -0.15) is 0 Å². The van der Waals surface area contributed by atoms with Crippen molar-refractivity contribution in [2.24, 2.45) is 0 Å². The molecule has 2 heterocycles. The Morgan fingerprint density at radius 3 is 2.61 bits per heavy atom. The van der Waals surface area contributed by atoms with E-state index in [9.17, 15) is 9.59 Å². The normalized spacial score (nSPS) is 15.8. The minimum Gasteiger partial charge on any atom is -0.482 e. The minimum absolute atomic E-state index is 0.00621. The first-order chi connectivity index (χ1) is 16.2. The molecule has 6 nitrogen and oxygen atoms in total. The van der Waals surface area contributed by atoms with Gasteiger partial charge in [-0.1, -0.05) is 42.8 Å². The quantitative estimate of drug-likeness (QED) is 0.589. The number of piperidine rings is 1. The number of anilines is 2. The summed E-state index contributed by atoms with van der Waals surface area (Å²) in [5.74, 6) is 0.214. The molecule has 2 aliphatic heterocycles. The van der Waals surface area contributed by atoms with E-state index >= 15 is 0 Å². The van der Waals surface area contributed by atoms with Crippen molar-refractivity contribution in [1.29, 1.82) is 0 Å². The molecule has 1 fully saturated rings. The lowest BCUT2D eigenvalue weighted by Gasteiger charge is -2.27. The number of hydrogen-bond acceptors (Lipinski definition) is 4. The smallest absolute Gasteiger partial charge is 0.262 e. The molecule has 0 saturated carbocycles. The van der Waals surface area contributed by atoms with Crippen molar-refractivity contribution >= 4 is 23.2 Å². The van der Waals surface area contributed by atoms with E-state index in [0.717, 1.165) is 36.3 Å². The fourth-order valence-corrected chi connectivity index (χ4v) is 4.49. The summed E-state index contributed by atoms with van der Waals surface area (Å²) in [6.07, 6.45) is 3.73.